The molecule has 0 bridgehead atoms. The van der Waals surface area contributed by atoms with Crippen molar-refractivity contribution in [2.45, 2.75) is 25.0 Å². The van der Waals surface area contributed by atoms with Gasteiger partial charge in [-0.15, -0.1) is 0 Å². The number of hydrogen-bond donors (Lipinski definition) is 1. The van der Waals surface area contributed by atoms with E-state index < -0.39 is 4.92 Å². The molecule has 0 radical (unpaired) electrons. The van der Waals surface area contributed by atoms with E-state index in [0.29, 0.717) is 23.6 Å². The van der Waals surface area contributed by atoms with Gasteiger partial charge in [0.2, 0.25) is 0 Å². The predicted octanol–water partition coefficient (Wildman–Crippen LogP) is 2.85. The summed E-state index contributed by atoms with van der Waals surface area (Å²) in [5, 5.41) is 11.0. The first-order valence-corrected chi connectivity index (χ1v) is 8.16. The Morgan fingerprint density at radius 3 is 2.44 bits per heavy atom. The third-order valence-electron chi connectivity index (χ3n) is 4.35. The molecule has 2 unspecified atom stereocenters. The standard InChI is InChI=1S/C18H18N2O5/c19-17-4-5-18(25-12-3-1-2-11(6-12)20(21)22)16(8-14-10-24-14)15(17)7-13-9-23-13/h1-6,13-14H,7-10,19H2. The van der Waals surface area contributed by atoms with Gasteiger partial charge in [-0.25, -0.2) is 0 Å². The van der Waals surface area contributed by atoms with E-state index >= 15 is 0 Å². The second kappa shape index (κ2) is 6.34. The second-order valence-electron chi connectivity index (χ2n) is 6.29. The van der Waals surface area contributed by atoms with Crippen LogP contribution in [0.2, 0.25) is 0 Å². The van der Waals surface area contributed by atoms with Gasteiger partial charge in [-0.1, -0.05) is 6.07 Å². The Hall–Kier alpha value is -2.64. The van der Waals surface area contributed by atoms with Gasteiger partial charge in [0, 0.05) is 30.2 Å². The minimum atomic E-state index is -0.440. The van der Waals surface area contributed by atoms with Crippen molar-refractivity contribution in [3.63, 3.8) is 0 Å². The van der Waals surface area contributed by atoms with Gasteiger partial charge < -0.3 is 19.9 Å². The van der Waals surface area contributed by atoms with Gasteiger partial charge in [0.1, 0.15) is 11.5 Å². The lowest BCUT2D eigenvalue weighted by atomic mass is 9.96. The van der Waals surface area contributed by atoms with Crippen molar-refractivity contribution < 1.29 is 19.1 Å². The summed E-state index contributed by atoms with van der Waals surface area (Å²) in [5.41, 5.74) is 8.88. The number of nitrogen functional groups attached to an aromatic ring is 1. The number of ether oxygens (including phenoxy) is 3. The number of anilines is 1. The Labute approximate surface area is 144 Å². The maximum atomic E-state index is 11.0. The van der Waals surface area contributed by atoms with E-state index in [4.69, 9.17) is 19.9 Å². The minimum absolute atomic E-state index is 0.00775. The zero-order chi connectivity index (χ0) is 17.4. The molecule has 0 aromatic heterocycles. The Morgan fingerprint density at radius 2 is 1.80 bits per heavy atom. The third kappa shape index (κ3) is 3.72. The van der Waals surface area contributed by atoms with E-state index in [1.165, 1.54) is 12.1 Å². The molecule has 2 aliphatic rings. The SMILES string of the molecule is Nc1ccc(Oc2cccc([N+](=O)[O-])c2)c(CC2CO2)c1CC1CO1. The smallest absolute Gasteiger partial charge is 0.273 e. The Kier molecular flexibility index (Phi) is 4.03. The van der Waals surface area contributed by atoms with E-state index in [-0.39, 0.29) is 17.9 Å². The quantitative estimate of drug-likeness (QED) is 0.359. The summed E-state index contributed by atoms with van der Waals surface area (Å²) in [6, 6.07) is 9.77. The molecule has 0 aliphatic carbocycles. The maximum Gasteiger partial charge on any atom is 0.273 e. The van der Waals surface area contributed by atoms with Crippen LogP contribution in [-0.4, -0.2) is 30.3 Å². The average Bonchev–Trinajstić information content (AvgIpc) is 3.49. The summed E-state index contributed by atoms with van der Waals surface area (Å²) in [5.74, 6) is 1.08. The van der Waals surface area contributed by atoms with Crippen LogP contribution in [0.1, 0.15) is 11.1 Å². The van der Waals surface area contributed by atoms with Gasteiger partial charge in [0.05, 0.1) is 36.4 Å². The predicted molar refractivity (Wildman–Crippen MR) is 90.9 cm³/mol. The largest absolute Gasteiger partial charge is 0.457 e. The fourth-order valence-corrected chi connectivity index (χ4v) is 2.86. The summed E-state index contributed by atoms with van der Waals surface area (Å²) < 4.78 is 16.7. The summed E-state index contributed by atoms with van der Waals surface area (Å²) >= 11 is 0. The maximum absolute atomic E-state index is 11.0. The van der Waals surface area contributed by atoms with E-state index in [1.54, 1.807) is 12.1 Å². The van der Waals surface area contributed by atoms with Crippen molar-refractivity contribution in [3.8, 4) is 11.5 Å². The molecule has 2 aromatic carbocycles. The fourth-order valence-electron chi connectivity index (χ4n) is 2.86. The molecule has 0 amide bonds. The Balaban J connectivity index is 1.67. The van der Waals surface area contributed by atoms with Crippen molar-refractivity contribution in [1.82, 2.24) is 0 Å². The van der Waals surface area contributed by atoms with Gasteiger partial charge in [-0.3, -0.25) is 10.1 Å². The van der Waals surface area contributed by atoms with Crippen LogP contribution >= 0.6 is 0 Å². The number of nitro benzene ring substituents is 1. The number of rotatable bonds is 7. The number of non-ortho nitro benzene ring substituents is 1. The monoisotopic (exact) mass is 342 g/mol. The molecule has 4 rings (SSSR count). The highest BCUT2D eigenvalue weighted by Crippen LogP contribution is 2.36. The van der Waals surface area contributed by atoms with Crippen molar-refractivity contribution in [2.24, 2.45) is 0 Å². The molecule has 2 saturated heterocycles. The van der Waals surface area contributed by atoms with E-state index in [2.05, 4.69) is 0 Å². The number of nitrogens with zero attached hydrogens (tertiary/aromatic N) is 1. The Bertz CT molecular complexity index is 815. The first-order valence-electron chi connectivity index (χ1n) is 8.16. The molecule has 7 heteroatoms. The number of nitrogens with two attached hydrogens (primary N) is 1. The molecule has 25 heavy (non-hydrogen) atoms. The van der Waals surface area contributed by atoms with Gasteiger partial charge in [0.25, 0.3) is 5.69 Å². The van der Waals surface area contributed by atoms with Crippen molar-refractivity contribution in [1.29, 1.82) is 0 Å². The number of hydrogen-bond acceptors (Lipinski definition) is 6. The van der Waals surface area contributed by atoms with E-state index in [1.807, 2.05) is 12.1 Å². The van der Waals surface area contributed by atoms with Crippen LogP contribution in [-0.2, 0) is 22.3 Å². The topological polar surface area (TPSA) is 103 Å². The number of nitro groups is 1. The lowest BCUT2D eigenvalue weighted by molar-refractivity contribution is -0.384. The van der Waals surface area contributed by atoms with Crippen LogP contribution in [0, 0.1) is 10.1 Å². The van der Waals surface area contributed by atoms with Crippen LogP contribution in [0.4, 0.5) is 11.4 Å². The molecule has 2 N–H and O–H groups in total. The first kappa shape index (κ1) is 15.9. The molecule has 0 saturated carbocycles. The van der Waals surface area contributed by atoms with Gasteiger partial charge in [0.15, 0.2) is 0 Å². The highest BCUT2D eigenvalue weighted by molar-refractivity contribution is 5.58. The lowest BCUT2D eigenvalue weighted by Gasteiger charge is -2.16. The van der Waals surface area contributed by atoms with Gasteiger partial charge >= 0.3 is 0 Å². The molecule has 130 valence electrons. The molecule has 7 nitrogen and oxygen atoms in total. The van der Waals surface area contributed by atoms with Crippen LogP contribution in [0.3, 0.4) is 0 Å². The van der Waals surface area contributed by atoms with E-state index in [0.717, 1.165) is 30.8 Å². The normalized spacial score (nSPS) is 21.0. The molecular formula is C18H18N2O5. The zero-order valence-electron chi connectivity index (χ0n) is 13.5. The average molecular weight is 342 g/mol. The molecular weight excluding hydrogens is 324 g/mol. The highest BCUT2D eigenvalue weighted by Gasteiger charge is 2.30. The number of benzene rings is 2. The molecule has 2 heterocycles. The van der Waals surface area contributed by atoms with Crippen LogP contribution < -0.4 is 10.5 Å². The molecule has 2 aliphatic heterocycles. The number of epoxide rings is 2. The fraction of sp³-hybridized carbons (Fsp3) is 0.333. The summed E-state index contributed by atoms with van der Waals surface area (Å²) in [7, 11) is 0. The van der Waals surface area contributed by atoms with Crippen molar-refractivity contribution in [3.05, 3.63) is 57.6 Å². The molecule has 2 atom stereocenters. The van der Waals surface area contributed by atoms with Crippen LogP contribution in [0.5, 0.6) is 11.5 Å². The van der Waals surface area contributed by atoms with Crippen LogP contribution in [0.15, 0.2) is 36.4 Å². The van der Waals surface area contributed by atoms with Gasteiger partial charge in [-0.2, -0.15) is 0 Å². The summed E-state index contributed by atoms with van der Waals surface area (Å²) in [4.78, 5) is 10.5. The van der Waals surface area contributed by atoms with Crippen molar-refractivity contribution in [2.75, 3.05) is 18.9 Å². The Morgan fingerprint density at radius 1 is 1.12 bits per heavy atom. The third-order valence-corrected chi connectivity index (χ3v) is 4.35. The minimum Gasteiger partial charge on any atom is -0.457 e. The second-order valence-corrected chi connectivity index (χ2v) is 6.29. The molecule has 2 aromatic rings. The van der Waals surface area contributed by atoms with Crippen LogP contribution in [0.25, 0.3) is 0 Å². The van der Waals surface area contributed by atoms with E-state index in [9.17, 15) is 10.1 Å². The summed E-state index contributed by atoms with van der Waals surface area (Å²) in [6.07, 6.45) is 1.82. The molecule has 2 fully saturated rings. The summed E-state index contributed by atoms with van der Waals surface area (Å²) in [6.45, 7) is 1.47. The van der Waals surface area contributed by atoms with Gasteiger partial charge in [-0.05, 0) is 23.8 Å². The highest BCUT2D eigenvalue weighted by atomic mass is 16.6. The first-order chi connectivity index (χ1) is 12.1. The zero-order valence-corrected chi connectivity index (χ0v) is 13.5. The lowest BCUT2D eigenvalue weighted by Crippen LogP contribution is -2.08. The van der Waals surface area contributed by atoms with Crippen molar-refractivity contribution >= 4 is 11.4 Å². The molecule has 0 spiro atoms.